The summed E-state index contributed by atoms with van der Waals surface area (Å²) in [5.41, 5.74) is 0.665. The third-order valence-corrected chi connectivity index (χ3v) is 2.79. The Morgan fingerprint density at radius 3 is 2.71 bits per heavy atom. The first-order valence-corrected chi connectivity index (χ1v) is 5.29. The van der Waals surface area contributed by atoms with Crippen LogP contribution in [0.1, 0.15) is 12.5 Å². The summed E-state index contributed by atoms with van der Waals surface area (Å²) in [6.07, 6.45) is 0.708. The van der Waals surface area contributed by atoms with E-state index < -0.39 is 5.60 Å². The zero-order valence-corrected chi connectivity index (χ0v) is 10.0. The Morgan fingerprint density at radius 1 is 1.50 bits per heavy atom. The predicted octanol–water partition coefficient (Wildman–Crippen LogP) is 2.39. The summed E-state index contributed by atoms with van der Waals surface area (Å²) in [6, 6.07) is 8.02. The Labute approximate surface area is 93.0 Å². The van der Waals surface area contributed by atoms with Crippen LogP contribution < -0.4 is 0 Å². The lowest BCUT2D eigenvalue weighted by Gasteiger charge is -2.25. The van der Waals surface area contributed by atoms with E-state index >= 15 is 0 Å². The predicted molar refractivity (Wildman–Crippen MR) is 60.3 cm³/mol. The monoisotopic (exact) mass is 258 g/mol. The van der Waals surface area contributed by atoms with E-state index in [1.54, 1.807) is 7.11 Å². The molecule has 0 aliphatic heterocycles. The van der Waals surface area contributed by atoms with Gasteiger partial charge in [-0.1, -0.05) is 28.1 Å². The minimum absolute atomic E-state index is 0.0238. The Hall–Kier alpha value is -0.380. The van der Waals surface area contributed by atoms with E-state index in [4.69, 9.17) is 4.74 Å². The van der Waals surface area contributed by atoms with Gasteiger partial charge in [0.2, 0.25) is 0 Å². The second-order valence-electron chi connectivity index (χ2n) is 3.62. The summed E-state index contributed by atoms with van der Waals surface area (Å²) in [4.78, 5) is 0. The van der Waals surface area contributed by atoms with Gasteiger partial charge in [-0.15, -0.1) is 0 Å². The van der Waals surface area contributed by atoms with Crippen molar-refractivity contribution in [2.24, 2.45) is 0 Å². The van der Waals surface area contributed by atoms with Gasteiger partial charge < -0.3 is 9.84 Å². The normalized spacial score (nSPS) is 15.1. The fourth-order valence-electron chi connectivity index (χ4n) is 1.27. The molecular weight excluding hydrogens is 244 g/mol. The van der Waals surface area contributed by atoms with E-state index in [1.165, 1.54) is 0 Å². The molecule has 1 unspecified atom stereocenters. The van der Waals surface area contributed by atoms with Gasteiger partial charge in [0.25, 0.3) is 0 Å². The van der Waals surface area contributed by atoms with Gasteiger partial charge in [-0.05, 0) is 24.6 Å². The molecule has 0 radical (unpaired) electrons. The number of aliphatic hydroxyl groups excluding tert-OH is 1. The smallest absolute Gasteiger partial charge is 0.0920 e. The zero-order chi connectivity index (χ0) is 10.6. The number of aliphatic hydroxyl groups is 1. The summed E-state index contributed by atoms with van der Waals surface area (Å²) >= 11 is 3.41. The first kappa shape index (κ1) is 11.7. The van der Waals surface area contributed by atoms with Crippen LogP contribution in [0.25, 0.3) is 0 Å². The molecule has 78 valence electrons. The fourth-order valence-corrected chi connectivity index (χ4v) is 1.72. The molecular formula is C11H15BrO2. The van der Waals surface area contributed by atoms with Crippen molar-refractivity contribution in [2.45, 2.75) is 18.9 Å². The van der Waals surface area contributed by atoms with Crippen molar-refractivity contribution < 1.29 is 9.84 Å². The maximum Gasteiger partial charge on any atom is 0.0920 e. The summed E-state index contributed by atoms with van der Waals surface area (Å²) in [7, 11) is 1.62. The van der Waals surface area contributed by atoms with Crippen LogP contribution in [0.3, 0.4) is 0 Å². The van der Waals surface area contributed by atoms with Gasteiger partial charge >= 0.3 is 0 Å². The molecule has 2 nitrogen and oxygen atoms in total. The molecule has 1 atom stereocenters. The number of hydrogen-bond donors (Lipinski definition) is 1. The molecule has 0 aromatic heterocycles. The van der Waals surface area contributed by atoms with Crippen molar-refractivity contribution in [2.75, 3.05) is 13.7 Å². The number of benzene rings is 1. The van der Waals surface area contributed by atoms with Crippen molar-refractivity contribution in [3.8, 4) is 0 Å². The van der Waals surface area contributed by atoms with E-state index in [0.29, 0.717) is 6.42 Å². The van der Waals surface area contributed by atoms with Crippen molar-refractivity contribution in [1.29, 1.82) is 0 Å². The molecule has 3 heteroatoms. The van der Waals surface area contributed by atoms with Gasteiger partial charge in [0.1, 0.15) is 0 Å². The molecule has 1 N–H and O–H groups in total. The molecule has 0 spiro atoms. The highest BCUT2D eigenvalue weighted by Crippen LogP contribution is 2.19. The molecule has 0 amide bonds. The van der Waals surface area contributed by atoms with Crippen LogP contribution in [-0.2, 0) is 11.2 Å². The standard InChI is InChI=1S/C11H15BrO2/c1-11(8-13,14-2)7-9-4-3-5-10(12)6-9/h3-6,13H,7-8H2,1-2H3. The van der Waals surface area contributed by atoms with Crippen LogP contribution in [0, 0.1) is 0 Å². The molecule has 0 bridgehead atoms. The summed E-state index contributed by atoms with van der Waals surface area (Å²) in [5, 5.41) is 9.18. The molecule has 0 fully saturated rings. The first-order chi connectivity index (χ1) is 6.59. The quantitative estimate of drug-likeness (QED) is 0.899. The molecule has 0 saturated carbocycles. The third-order valence-electron chi connectivity index (χ3n) is 2.29. The van der Waals surface area contributed by atoms with Crippen molar-refractivity contribution >= 4 is 15.9 Å². The number of rotatable bonds is 4. The average Bonchev–Trinajstić information content (AvgIpc) is 2.18. The van der Waals surface area contributed by atoms with Crippen LogP contribution in [0.4, 0.5) is 0 Å². The summed E-state index contributed by atoms with van der Waals surface area (Å²) < 4.78 is 6.31. The Kier molecular flexibility index (Phi) is 4.11. The lowest BCUT2D eigenvalue weighted by molar-refractivity contribution is -0.0368. The van der Waals surface area contributed by atoms with E-state index in [2.05, 4.69) is 15.9 Å². The highest BCUT2D eigenvalue weighted by Gasteiger charge is 2.22. The van der Waals surface area contributed by atoms with Gasteiger partial charge in [-0.3, -0.25) is 0 Å². The van der Waals surface area contributed by atoms with Gasteiger partial charge in [0.05, 0.1) is 12.2 Å². The van der Waals surface area contributed by atoms with Crippen molar-refractivity contribution in [1.82, 2.24) is 0 Å². The highest BCUT2D eigenvalue weighted by atomic mass is 79.9. The maximum atomic E-state index is 9.18. The summed E-state index contributed by atoms with van der Waals surface area (Å²) in [5.74, 6) is 0. The number of ether oxygens (including phenoxy) is 1. The minimum atomic E-state index is -0.485. The first-order valence-electron chi connectivity index (χ1n) is 4.50. The number of hydrogen-bond acceptors (Lipinski definition) is 2. The lowest BCUT2D eigenvalue weighted by Crippen LogP contribution is -2.34. The van der Waals surface area contributed by atoms with E-state index in [-0.39, 0.29) is 6.61 Å². The van der Waals surface area contributed by atoms with Gasteiger partial charge in [0, 0.05) is 18.0 Å². The van der Waals surface area contributed by atoms with Crippen LogP contribution >= 0.6 is 15.9 Å². The molecule has 0 aliphatic carbocycles. The maximum absolute atomic E-state index is 9.18. The van der Waals surface area contributed by atoms with Crippen LogP contribution in [-0.4, -0.2) is 24.4 Å². The molecule has 0 aliphatic rings. The molecule has 0 heterocycles. The van der Waals surface area contributed by atoms with Crippen LogP contribution in [0.2, 0.25) is 0 Å². The lowest BCUT2D eigenvalue weighted by atomic mass is 9.97. The fraction of sp³-hybridized carbons (Fsp3) is 0.455. The Balaban J connectivity index is 2.77. The van der Waals surface area contributed by atoms with Gasteiger partial charge in [0.15, 0.2) is 0 Å². The SMILES string of the molecule is COC(C)(CO)Cc1cccc(Br)c1. The van der Waals surface area contributed by atoms with E-state index in [1.807, 2.05) is 31.2 Å². The van der Waals surface area contributed by atoms with Crippen molar-refractivity contribution in [3.63, 3.8) is 0 Å². The van der Waals surface area contributed by atoms with E-state index in [9.17, 15) is 5.11 Å². The van der Waals surface area contributed by atoms with Gasteiger partial charge in [-0.2, -0.15) is 0 Å². The minimum Gasteiger partial charge on any atom is -0.393 e. The number of halogens is 1. The van der Waals surface area contributed by atoms with Crippen LogP contribution in [0.15, 0.2) is 28.7 Å². The Morgan fingerprint density at radius 2 is 2.21 bits per heavy atom. The molecule has 1 rings (SSSR count). The topological polar surface area (TPSA) is 29.5 Å². The molecule has 1 aromatic rings. The second-order valence-corrected chi connectivity index (χ2v) is 4.53. The summed E-state index contributed by atoms with van der Waals surface area (Å²) in [6.45, 7) is 1.92. The molecule has 0 saturated heterocycles. The van der Waals surface area contributed by atoms with E-state index in [0.717, 1.165) is 10.0 Å². The third kappa shape index (κ3) is 3.08. The second kappa shape index (κ2) is 4.91. The van der Waals surface area contributed by atoms with Gasteiger partial charge in [-0.25, -0.2) is 0 Å². The largest absolute Gasteiger partial charge is 0.393 e. The average molecular weight is 259 g/mol. The number of methoxy groups -OCH3 is 1. The van der Waals surface area contributed by atoms with Crippen LogP contribution in [0.5, 0.6) is 0 Å². The molecule has 1 aromatic carbocycles. The van der Waals surface area contributed by atoms with Crippen molar-refractivity contribution in [3.05, 3.63) is 34.3 Å². The Bertz CT molecular complexity index is 295. The highest BCUT2D eigenvalue weighted by molar-refractivity contribution is 9.10. The molecule has 14 heavy (non-hydrogen) atoms. The zero-order valence-electron chi connectivity index (χ0n) is 8.46.